The molecule has 27 heavy (non-hydrogen) atoms. The second kappa shape index (κ2) is 10.9. The SMILES string of the molecule is CC(C(=O)N1CCN(CC(=O)NC2CC2)CC1)C(N)c1ccccc1.Cl.Cl. The molecule has 2 fully saturated rings. The van der Waals surface area contributed by atoms with Crippen molar-refractivity contribution in [2.24, 2.45) is 11.7 Å². The predicted octanol–water partition coefficient (Wildman–Crippen LogP) is 1.59. The van der Waals surface area contributed by atoms with Crippen LogP contribution in [0.3, 0.4) is 0 Å². The zero-order valence-corrected chi connectivity index (χ0v) is 17.3. The van der Waals surface area contributed by atoms with Gasteiger partial charge in [0.15, 0.2) is 0 Å². The Morgan fingerprint density at radius 2 is 1.70 bits per heavy atom. The van der Waals surface area contributed by atoms with Crippen LogP contribution in [0.5, 0.6) is 0 Å². The Hall–Kier alpha value is -1.34. The van der Waals surface area contributed by atoms with Gasteiger partial charge in [-0.1, -0.05) is 37.3 Å². The number of benzene rings is 1. The topological polar surface area (TPSA) is 78.7 Å². The molecule has 1 aromatic rings. The molecule has 2 aliphatic rings. The Morgan fingerprint density at radius 3 is 2.26 bits per heavy atom. The molecule has 1 aliphatic carbocycles. The largest absolute Gasteiger partial charge is 0.352 e. The molecule has 1 heterocycles. The summed E-state index contributed by atoms with van der Waals surface area (Å²) < 4.78 is 0. The molecule has 1 aromatic carbocycles. The standard InChI is InChI=1S/C19H28N4O2.2ClH/c1-14(18(20)15-5-3-2-4-6-15)19(25)23-11-9-22(10-12-23)13-17(24)21-16-7-8-16;;/h2-6,14,16,18H,7-13,20H2,1H3,(H,21,24);2*1H. The van der Waals surface area contributed by atoms with Crippen molar-refractivity contribution in [2.75, 3.05) is 32.7 Å². The number of halogens is 2. The van der Waals surface area contributed by atoms with E-state index in [9.17, 15) is 9.59 Å². The Balaban J connectivity index is 0.00000182. The highest BCUT2D eigenvalue weighted by atomic mass is 35.5. The maximum absolute atomic E-state index is 12.7. The molecule has 0 radical (unpaired) electrons. The van der Waals surface area contributed by atoms with Crippen molar-refractivity contribution in [3.8, 4) is 0 Å². The molecule has 1 aliphatic heterocycles. The number of carbonyl (C=O) groups excluding carboxylic acids is 2. The Bertz CT molecular complexity index is 605. The molecule has 0 bridgehead atoms. The number of piperazine rings is 1. The van der Waals surface area contributed by atoms with E-state index in [0.29, 0.717) is 25.7 Å². The second-order valence-corrected chi connectivity index (χ2v) is 7.17. The van der Waals surface area contributed by atoms with Crippen LogP contribution < -0.4 is 11.1 Å². The number of hydrogen-bond acceptors (Lipinski definition) is 4. The molecule has 2 amide bonds. The molecule has 3 rings (SSSR count). The van der Waals surface area contributed by atoms with Crippen LogP contribution in [0.15, 0.2) is 30.3 Å². The molecule has 152 valence electrons. The van der Waals surface area contributed by atoms with E-state index in [2.05, 4.69) is 10.2 Å². The van der Waals surface area contributed by atoms with Crippen molar-refractivity contribution in [1.82, 2.24) is 15.1 Å². The molecule has 1 saturated heterocycles. The average Bonchev–Trinajstić information content (AvgIpc) is 3.45. The summed E-state index contributed by atoms with van der Waals surface area (Å²) in [6.07, 6.45) is 2.21. The zero-order valence-electron chi connectivity index (χ0n) is 15.7. The maximum Gasteiger partial charge on any atom is 0.234 e. The smallest absolute Gasteiger partial charge is 0.234 e. The predicted molar refractivity (Wildman–Crippen MR) is 111 cm³/mol. The van der Waals surface area contributed by atoms with E-state index in [1.807, 2.05) is 42.2 Å². The van der Waals surface area contributed by atoms with Gasteiger partial charge in [-0.15, -0.1) is 24.8 Å². The Morgan fingerprint density at radius 1 is 1.11 bits per heavy atom. The lowest BCUT2D eigenvalue weighted by Gasteiger charge is -2.36. The molecule has 8 heteroatoms. The van der Waals surface area contributed by atoms with E-state index in [4.69, 9.17) is 5.73 Å². The number of nitrogens with one attached hydrogen (secondary N) is 1. The second-order valence-electron chi connectivity index (χ2n) is 7.17. The van der Waals surface area contributed by atoms with E-state index in [-0.39, 0.29) is 48.6 Å². The molecule has 1 saturated carbocycles. The van der Waals surface area contributed by atoms with Crippen molar-refractivity contribution in [3.63, 3.8) is 0 Å². The number of amides is 2. The summed E-state index contributed by atoms with van der Waals surface area (Å²) in [5.41, 5.74) is 7.27. The number of hydrogen-bond donors (Lipinski definition) is 2. The van der Waals surface area contributed by atoms with Gasteiger partial charge in [0.1, 0.15) is 0 Å². The van der Waals surface area contributed by atoms with Gasteiger partial charge in [0, 0.05) is 38.3 Å². The normalized spacial score (nSPS) is 19.3. The lowest BCUT2D eigenvalue weighted by Crippen LogP contribution is -2.53. The summed E-state index contributed by atoms with van der Waals surface area (Å²) in [7, 11) is 0. The number of rotatable bonds is 6. The van der Waals surface area contributed by atoms with Crippen LogP contribution in [0.2, 0.25) is 0 Å². The van der Waals surface area contributed by atoms with Crippen LogP contribution in [0.4, 0.5) is 0 Å². The highest BCUT2D eigenvalue weighted by Gasteiger charge is 2.30. The minimum absolute atomic E-state index is 0. The van der Waals surface area contributed by atoms with Gasteiger partial charge in [-0.2, -0.15) is 0 Å². The van der Waals surface area contributed by atoms with Gasteiger partial charge in [-0.25, -0.2) is 0 Å². The van der Waals surface area contributed by atoms with Gasteiger partial charge in [0.25, 0.3) is 0 Å². The van der Waals surface area contributed by atoms with Crippen molar-refractivity contribution in [1.29, 1.82) is 0 Å². The fourth-order valence-corrected chi connectivity index (χ4v) is 3.24. The first-order chi connectivity index (χ1) is 12.0. The fraction of sp³-hybridized carbons (Fsp3) is 0.579. The van der Waals surface area contributed by atoms with Crippen LogP contribution in [0.1, 0.15) is 31.4 Å². The van der Waals surface area contributed by atoms with E-state index < -0.39 is 0 Å². The molecule has 0 aromatic heterocycles. The van der Waals surface area contributed by atoms with Crippen molar-refractivity contribution < 1.29 is 9.59 Å². The van der Waals surface area contributed by atoms with E-state index in [0.717, 1.165) is 31.5 Å². The van der Waals surface area contributed by atoms with Crippen LogP contribution >= 0.6 is 24.8 Å². The summed E-state index contributed by atoms with van der Waals surface area (Å²) in [6.45, 7) is 5.10. The maximum atomic E-state index is 12.7. The summed E-state index contributed by atoms with van der Waals surface area (Å²) in [5, 5.41) is 3.01. The van der Waals surface area contributed by atoms with E-state index >= 15 is 0 Å². The first-order valence-corrected chi connectivity index (χ1v) is 9.15. The highest BCUT2D eigenvalue weighted by molar-refractivity contribution is 5.85. The molecular weight excluding hydrogens is 387 g/mol. The van der Waals surface area contributed by atoms with Crippen molar-refractivity contribution in [3.05, 3.63) is 35.9 Å². The monoisotopic (exact) mass is 416 g/mol. The third-order valence-corrected chi connectivity index (χ3v) is 5.11. The minimum Gasteiger partial charge on any atom is -0.352 e. The number of nitrogens with two attached hydrogens (primary N) is 1. The first kappa shape index (κ1) is 23.7. The van der Waals surface area contributed by atoms with Crippen molar-refractivity contribution in [2.45, 2.75) is 31.8 Å². The number of carbonyl (C=O) groups is 2. The quantitative estimate of drug-likeness (QED) is 0.737. The third kappa shape index (κ3) is 6.64. The molecule has 6 nitrogen and oxygen atoms in total. The van der Waals surface area contributed by atoms with Crippen LogP contribution in [-0.4, -0.2) is 60.4 Å². The summed E-state index contributed by atoms with van der Waals surface area (Å²) in [4.78, 5) is 28.6. The van der Waals surface area contributed by atoms with E-state index in [1.165, 1.54) is 0 Å². The minimum atomic E-state index is -0.295. The molecule has 2 atom stereocenters. The summed E-state index contributed by atoms with van der Waals surface area (Å²) in [5.74, 6) is -0.0627. The molecule has 3 N–H and O–H groups in total. The third-order valence-electron chi connectivity index (χ3n) is 5.11. The average molecular weight is 417 g/mol. The van der Waals surface area contributed by atoms with Gasteiger partial charge in [0.05, 0.1) is 12.5 Å². The van der Waals surface area contributed by atoms with Crippen LogP contribution in [-0.2, 0) is 9.59 Å². The van der Waals surface area contributed by atoms with Crippen molar-refractivity contribution >= 4 is 36.6 Å². The summed E-state index contributed by atoms with van der Waals surface area (Å²) in [6, 6.07) is 9.86. The van der Waals surface area contributed by atoms with Gasteiger partial charge < -0.3 is 16.0 Å². The Labute approximate surface area is 173 Å². The highest BCUT2D eigenvalue weighted by Crippen LogP contribution is 2.22. The van der Waals surface area contributed by atoms with Crippen LogP contribution in [0, 0.1) is 5.92 Å². The van der Waals surface area contributed by atoms with Gasteiger partial charge >= 0.3 is 0 Å². The molecule has 0 spiro atoms. The fourth-order valence-electron chi connectivity index (χ4n) is 3.24. The van der Waals surface area contributed by atoms with E-state index in [1.54, 1.807) is 0 Å². The lowest BCUT2D eigenvalue weighted by molar-refractivity contribution is -0.137. The molecular formula is C19H30Cl2N4O2. The number of nitrogens with zero attached hydrogens (tertiary/aromatic N) is 2. The molecule has 2 unspecified atom stereocenters. The summed E-state index contributed by atoms with van der Waals surface area (Å²) >= 11 is 0. The zero-order chi connectivity index (χ0) is 17.8. The first-order valence-electron chi connectivity index (χ1n) is 9.15. The van der Waals surface area contributed by atoms with Crippen LogP contribution in [0.25, 0.3) is 0 Å². The van der Waals surface area contributed by atoms with Gasteiger partial charge in [0.2, 0.25) is 11.8 Å². The lowest BCUT2D eigenvalue weighted by atomic mass is 9.94. The Kier molecular flexibility index (Phi) is 9.53. The van der Waals surface area contributed by atoms with Gasteiger partial charge in [-0.3, -0.25) is 14.5 Å². The van der Waals surface area contributed by atoms with Gasteiger partial charge in [-0.05, 0) is 18.4 Å².